The van der Waals surface area contributed by atoms with E-state index in [4.69, 9.17) is 5.11 Å². The second-order valence-corrected chi connectivity index (χ2v) is 5.27. The maximum atomic E-state index is 11.6. The molecule has 1 aliphatic heterocycles. The van der Waals surface area contributed by atoms with E-state index in [0.717, 1.165) is 6.42 Å². The molecule has 0 aromatic rings. The monoisotopic (exact) mass is 256 g/mol. The van der Waals surface area contributed by atoms with Gasteiger partial charge in [-0.05, 0) is 11.8 Å². The van der Waals surface area contributed by atoms with Gasteiger partial charge >= 0.3 is 12.0 Å². The lowest BCUT2D eigenvalue weighted by molar-refractivity contribution is -0.144. The molecule has 0 radical (unpaired) electrons. The minimum atomic E-state index is -1.12. The predicted octanol–water partition coefficient (Wildman–Crippen LogP) is 1.39. The zero-order valence-corrected chi connectivity index (χ0v) is 11.0. The number of carboxylic acid groups (broad SMARTS) is 1. The molecule has 0 saturated carbocycles. The predicted molar refractivity (Wildman–Crippen MR) is 65.8 cm³/mol. The fraction of sp³-hybridized carbons (Fsp3) is 0.667. The van der Waals surface area contributed by atoms with Crippen molar-refractivity contribution in [1.82, 2.24) is 10.4 Å². The van der Waals surface area contributed by atoms with Gasteiger partial charge in [0.1, 0.15) is 0 Å². The van der Waals surface area contributed by atoms with Crippen LogP contribution < -0.4 is 5.48 Å². The van der Waals surface area contributed by atoms with Gasteiger partial charge in [0.15, 0.2) is 6.61 Å². The third-order valence-corrected chi connectivity index (χ3v) is 2.81. The lowest BCUT2D eigenvalue weighted by atomic mass is 9.83. The van der Waals surface area contributed by atoms with Crippen LogP contribution in [0.1, 0.15) is 27.2 Å². The fourth-order valence-corrected chi connectivity index (χ4v) is 1.76. The average Bonchev–Trinajstić information content (AvgIpc) is 2.27. The van der Waals surface area contributed by atoms with Gasteiger partial charge in [0.2, 0.25) is 0 Å². The Morgan fingerprint density at radius 2 is 2.17 bits per heavy atom. The van der Waals surface area contributed by atoms with E-state index in [9.17, 15) is 9.59 Å². The van der Waals surface area contributed by atoms with Gasteiger partial charge in [-0.2, -0.15) is 0 Å². The smallest absolute Gasteiger partial charge is 0.341 e. The van der Waals surface area contributed by atoms with E-state index in [1.165, 1.54) is 5.57 Å². The Kier molecular flexibility index (Phi) is 4.72. The van der Waals surface area contributed by atoms with Crippen molar-refractivity contribution in [2.45, 2.75) is 27.2 Å². The summed E-state index contributed by atoms with van der Waals surface area (Å²) < 4.78 is 0. The summed E-state index contributed by atoms with van der Waals surface area (Å²) in [6, 6.07) is -0.402. The molecule has 0 atom stereocenters. The zero-order valence-electron chi connectivity index (χ0n) is 11.0. The van der Waals surface area contributed by atoms with E-state index in [-0.39, 0.29) is 5.41 Å². The van der Waals surface area contributed by atoms with E-state index in [0.29, 0.717) is 13.1 Å². The molecule has 6 nitrogen and oxygen atoms in total. The Bertz CT molecular complexity index is 358. The number of carbonyl (C=O) groups excluding carboxylic acids is 1. The van der Waals surface area contributed by atoms with Crippen LogP contribution in [0.25, 0.3) is 0 Å². The SMILES string of the molecule is CC(C)(C)C1=CCN(C(=O)NOCC(=O)O)CC1. The number of rotatable bonds is 3. The van der Waals surface area contributed by atoms with Crippen molar-refractivity contribution in [2.24, 2.45) is 5.41 Å². The molecule has 1 heterocycles. The van der Waals surface area contributed by atoms with E-state index in [2.05, 4.69) is 31.1 Å². The third-order valence-electron chi connectivity index (χ3n) is 2.81. The van der Waals surface area contributed by atoms with Crippen LogP contribution in [0.5, 0.6) is 0 Å². The van der Waals surface area contributed by atoms with Gasteiger partial charge in [-0.3, -0.25) is 4.84 Å². The van der Waals surface area contributed by atoms with Crippen LogP contribution in [0.3, 0.4) is 0 Å². The number of hydrogen-bond donors (Lipinski definition) is 2. The first-order chi connectivity index (χ1) is 8.30. The fourth-order valence-electron chi connectivity index (χ4n) is 1.76. The number of carboxylic acids is 1. The molecule has 2 amide bonds. The Balaban J connectivity index is 2.40. The number of carbonyl (C=O) groups is 2. The molecule has 1 rings (SSSR count). The van der Waals surface area contributed by atoms with Gasteiger partial charge in [-0.1, -0.05) is 32.4 Å². The van der Waals surface area contributed by atoms with Crippen molar-refractivity contribution in [1.29, 1.82) is 0 Å². The number of nitrogens with zero attached hydrogens (tertiary/aromatic N) is 1. The third kappa shape index (κ3) is 4.37. The Hall–Kier alpha value is -1.56. The topological polar surface area (TPSA) is 78.9 Å². The summed E-state index contributed by atoms with van der Waals surface area (Å²) in [7, 11) is 0. The van der Waals surface area contributed by atoms with Crippen LogP contribution in [0.2, 0.25) is 0 Å². The van der Waals surface area contributed by atoms with Crippen molar-refractivity contribution >= 4 is 12.0 Å². The summed E-state index contributed by atoms with van der Waals surface area (Å²) in [6.07, 6.45) is 2.87. The highest BCUT2D eigenvalue weighted by Gasteiger charge is 2.23. The van der Waals surface area contributed by atoms with Crippen molar-refractivity contribution in [3.8, 4) is 0 Å². The summed E-state index contributed by atoms with van der Waals surface area (Å²) in [5.74, 6) is -1.12. The summed E-state index contributed by atoms with van der Waals surface area (Å²) in [6.45, 7) is 7.03. The molecule has 1 aliphatic rings. The Labute approximate surface area is 107 Å². The lowest BCUT2D eigenvalue weighted by Gasteiger charge is -2.31. The van der Waals surface area contributed by atoms with Crippen LogP contribution in [0.15, 0.2) is 11.6 Å². The molecule has 0 fully saturated rings. The highest BCUT2D eigenvalue weighted by molar-refractivity contribution is 5.74. The molecule has 2 N–H and O–H groups in total. The Morgan fingerprint density at radius 3 is 2.61 bits per heavy atom. The van der Waals surface area contributed by atoms with Gasteiger partial charge < -0.3 is 10.0 Å². The summed E-state index contributed by atoms with van der Waals surface area (Å²) in [5.41, 5.74) is 3.57. The van der Waals surface area contributed by atoms with E-state index in [1.807, 2.05) is 6.08 Å². The van der Waals surface area contributed by atoms with Crippen LogP contribution >= 0.6 is 0 Å². The molecular formula is C12H20N2O4. The van der Waals surface area contributed by atoms with Crippen molar-refractivity contribution < 1.29 is 19.5 Å². The molecule has 0 spiro atoms. The average molecular weight is 256 g/mol. The molecule has 6 heteroatoms. The number of amides is 2. The molecular weight excluding hydrogens is 236 g/mol. The number of hydrogen-bond acceptors (Lipinski definition) is 3. The first-order valence-electron chi connectivity index (χ1n) is 5.88. The standard InChI is InChI=1S/C12H20N2O4/c1-12(2,3)9-4-6-14(7-5-9)11(17)13-18-8-10(15)16/h4H,5-8H2,1-3H3,(H,13,17)(H,15,16). The van der Waals surface area contributed by atoms with Crippen molar-refractivity contribution in [3.05, 3.63) is 11.6 Å². The molecule has 0 aliphatic carbocycles. The normalized spacial score (nSPS) is 16.2. The minimum absolute atomic E-state index is 0.127. The van der Waals surface area contributed by atoms with E-state index in [1.54, 1.807) is 4.90 Å². The quantitative estimate of drug-likeness (QED) is 0.591. The van der Waals surface area contributed by atoms with Crippen LogP contribution in [0, 0.1) is 5.41 Å². The minimum Gasteiger partial charge on any atom is -0.479 e. The highest BCUT2D eigenvalue weighted by Crippen LogP contribution is 2.29. The number of aliphatic carboxylic acids is 1. The van der Waals surface area contributed by atoms with Crippen molar-refractivity contribution in [3.63, 3.8) is 0 Å². The lowest BCUT2D eigenvalue weighted by Crippen LogP contribution is -2.43. The van der Waals surface area contributed by atoms with Gasteiger partial charge in [0.25, 0.3) is 0 Å². The first kappa shape index (κ1) is 14.5. The van der Waals surface area contributed by atoms with Gasteiger partial charge in [-0.25, -0.2) is 15.1 Å². The summed E-state index contributed by atoms with van der Waals surface area (Å²) >= 11 is 0. The van der Waals surface area contributed by atoms with Gasteiger partial charge in [0, 0.05) is 13.1 Å². The molecule has 18 heavy (non-hydrogen) atoms. The van der Waals surface area contributed by atoms with E-state index < -0.39 is 18.6 Å². The molecule has 0 aromatic heterocycles. The van der Waals surface area contributed by atoms with Crippen molar-refractivity contribution in [2.75, 3.05) is 19.7 Å². The van der Waals surface area contributed by atoms with Gasteiger partial charge in [0.05, 0.1) is 0 Å². The maximum absolute atomic E-state index is 11.6. The van der Waals surface area contributed by atoms with Crippen LogP contribution in [0.4, 0.5) is 4.79 Å². The summed E-state index contributed by atoms with van der Waals surface area (Å²) in [5, 5.41) is 8.36. The molecule has 0 unspecified atom stereocenters. The zero-order chi connectivity index (χ0) is 13.8. The molecule has 102 valence electrons. The molecule has 0 aromatic carbocycles. The van der Waals surface area contributed by atoms with Gasteiger partial charge in [-0.15, -0.1) is 0 Å². The van der Waals surface area contributed by atoms with E-state index >= 15 is 0 Å². The Morgan fingerprint density at radius 1 is 1.50 bits per heavy atom. The number of hydroxylamine groups is 1. The number of urea groups is 1. The second-order valence-electron chi connectivity index (χ2n) is 5.27. The summed E-state index contributed by atoms with van der Waals surface area (Å²) in [4.78, 5) is 27.9. The highest BCUT2D eigenvalue weighted by atomic mass is 16.7. The largest absolute Gasteiger partial charge is 0.479 e. The van der Waals surface area contributed by atoms with Crippen LogP contribution in [-0.4, -0.2) is 41.7 Å². The van der Waals surface area contributed by atoms with Crippen LogP contribution in [-0.2, 0) is 9.63 Å². The number of nitrogens with one attached hydrogen (secondary N) is 1. The second kappa shape index (κ2) is 5.86. The first-order valence-corrected chi connectivity index (χ1v) is 5.88. The molecule has 0 saturated heterocycles. The maximum Gasteiger partial charge on any atom is 0.341 e. The molecule has 0 bridgehead atoms.